The molecule has 0 atom stereocenters. The summed E-state index contributed by atoms with van der Waals surface area (Å²) in [5.41, 5.74) is 2.12. The topological polar surface area (TPSA) is 110 Å². The largest absolute Gasteiger partial charge is 0.456 e. The second-order valence-electron chi connectivity index (χ2n) is 14.0. The van der Waals surface area contributed by atoms with Crippen LogP contribution in [0.3, 0.4) is 0 Å². The highest BCUT2D eigenvalue weighted by molar-refractivity contribution is 7.64. The Morgan fingerprint density at radius 3 is 1.11 bits per heavy atom. The number of alkyl halides is 2. The zero-order valence-corrected chi connectivity index (χ0v) is 36.4. The number of rotatable bonds is 13. The molecule has 5 N–H and O–H groups in total. The summed E-state index contributed by atoms with van der Waals surface area (Å²) in [4.78, 5) is 50.6. The van der Waals surface area contributed by atoms with Crippen molar-refractivity contribution in [1.82, 2.24) is 0 Å². The number of hydrogen-bond acceptors (Lipinski definition) is 6. The lowest BCUT2D eigenvalue weighted by molar-refractivity contribution is 0.501. The van der Waals surface area contributed by atoms with Gasteiger partial charge < -0.3 is 28.1 Å². The molecule has 0 saturated heterocycles. The highest BCUT2D eigenvalue weighted by Crippen LogP contribution is 2.31. The SMILES string of the molecule is C=C[Si](C)(C)CCCCl.C[Si](C)(CCCCl)O[Si](C)([Si](C)(C)O)[Si](C)(C)O.C[Si](C)(O)[Si](C)(O)[Si](C)(C)O. The summed E-state index contributed by atoms with van der Waals surface area (Å²) in [6.07, 6.45) is 2.10. The number of hydrogen-bond donors (Lipinski definition) is 5. The van der Waals surface area contributed by atoms with E-state index in [9.17, 15) is 24.0 Å². The molecule has 0 aromatic heterocycles. The number of halogens is 2. The third-order valence-corrected chi connectivity index (χ3v) is 77.9. The summed E-state index contributed by atoms with van der Waals surface area (Å²) in [7, 11) is -18.0. The zero-order valence-electron chi connectivity index (χ0n) is 26.9. The fourth-order valence-electron chi connectivity index (χ4n) is 3.47. The van der Waals surface area contributed by atoms with Crippen LogP contribution in [-0.2, 0) is 4.12 Å². The Hall–Kier alpha value is 1.82. The Morgan fingerprint density at radius 1 is 0.579 bits per heavy atom. The minimum atomic E-state index is -2.72. The first kappa shape index (κ1) is 44.3. The molecule has 0 bridgehead atoms. The summed E-state index contributed by atoms with van der Waals surface area (Å²) >= 11 is 11.3. The molecule has 16 heteroatoms. The van der Waals surface area contributed by atoms with Crippen LogP contribution in [-0.4, -0.2) is 98.2 Å². The quantitative estimate of drug-likeness (QED) is 0.116. The first-order chi connectivity index (χ1) is 16.4. The van der Waals surface area contributed by atoms with Crippen LogP contribution >= 0.6 is 23.2 Å². The van der Waals surface area contributed by atoms with E-state index in [0.717, 1.165) is 24.8 Å². The predicted molar refractivity (Wildman–Crippen MR) is 191 cm³/mol. The maximum absolute atomic E-state index is 10.6. The van der Waals surface area contributed by atoms with E-state index in [1.54, 1.807) is 32.7 Å². The van der Waals surface area contributed by atoms with Crippen LogP contribution in [0, 0.1) is 0 Å². The molecule has 0 rings (SSSR count). The van der Waals surface area contributed by atoms with Gasteiger partial charge in [0, 0.05) is 11.8 Å². The van der Waals surface area contributed by atoms with Gasteiger partial charge in [-0.2, -0.15) is 0 Å². The molecule has 0 saturated carbocycles. The molecule has 0 radical (unpaired) electrons. The van der Waals surface area contributed by atoms with Crippen molar-refractivity contribution >= 4 is 85.6 Å². The van der Waals surface area contributed by atoms with E-state index in [0.29, 0.717) is 5.88 Å². The third kappa shape index (κ3) is 15.9. The van der Waals surface area contributed by atoms with Crippen molar-refractivity contribution in [3.63, 3.8) is 0 Å². The summed E-state index contributed by atoms with van der Waals surface area (Å²) in [5, 5.41) is 0. The molecule has 0 aliphatic rings. The zero-order chi connectivity index (χ0) is 31.7. The molecule has 232 valence electrons. The van der Waals surface area contributed by atoms with Gasteiger partial charge in [-0.3, -0.25) is 0 Å². The molecule has 0 spiro atoms. The minimum Gasteiger partial charge on any atom is -0.456 e. The lowest BCUT2D eigenvalue weighted by Crippen LogP contribution is -2.76. The first-order valence-electron chi connectivity index (χ1n) is 13.5. The Kier molecular flexibility index (Phi) is 19.3. The van der Waals surface area contributed by atoms with Crippen LogP contribution in [0.5, 0.6) is 0 Å². The Balaban J connectivity index is -0.000000524. The lowest BCUT2D eigenvalue weighted by atomic mass is 10.6. The molecule has 0 unspecified atom stereocenters. The molecule has 0 heterocycles. The van der Waals surface area contributed by atoms with Gasteiger partial charge in [0.05, 0.1) is 8.07 Å². The molecule has 0 aromatic carbocycles. The molecule has 0 aliphatic heterocycles. The van der Waals surface area contributed by atoms with Crippen LogP contribution in [0.1, 0.15) is 12.8 Å². The van der Waals surface area contributed by atoms with Gasteiger partial charge in [-0.05, 0) is 97.4 Å². The Morgan fingerprint density at radius 2 is 0.895 bits per heavy atom. The maximum Gasteiger partial charge on any atom is 0.221 e. The van der Waals surface area contributed by atoms with E-state index in [4.69, 9.17) is 27.3 Å². The summed E-state index contributed by atoms with van der Waals surface area (Å²) in [6.45, 7) is 30.9. The van der Waals surface area contributed by atoms with Crippen LogP contribution in [0.4, 0.5) is 0 Å². The van der Waals surface area contributed by atoms with Gasteiger partial charge in [0.15, 0.2) is 39.7 Å². The van der Waals surface area contributed by atoms with Crippen molar-refractivity contribution in [1.29, 1.82) is 0 Å². The Labute approximate surface area is 252 Å². The average Bonchev–Trinajstić information content (AvgIpc) is 2.68. The third-order valence-electron chi connectivity index (χ3n) is 7.62. The van der Waals surface area contributed by atoms with Crippen LogP contribution in [0.25, 0.3) is 0 Å². The first-order valence-corrected chi connectivity index (χ1v) is 41.6. The minimum absolute atomic E-state index is 0.651. The van der Waals surface area contributed by atoms with E-state index in [-0.39, 0.29) is 0 Å². The monoisotopic (exact) mass is 716 g/mol. The van der Waals surface area contributed by atoms with E-state index in [2.05, 4.69) is 38.5 Å². The van der Waals surface area contributed by atoms with Crippen molar-refractivity contribution in [3.8, 4) is 0 Å². The smallest absolute Gasteiger partial charge is 0.221 e. The van der Waals surface area contributed by atoms with Gasteiger partial charge in [-0.15, -0.1) is 35.5 Å². The van der Waals surface area contributed by atoms with Crippen molar-refractivity contribution in [2.24, 2.45) is 0 Å². The average molecular weight is 718 g/mol. The van der Waals surface area contributed by atoms with Crippen LogP contribution < -0.4 is 0 Å². The van der Waals surface area contributed by atoms with E-state index < -0.39 is 62.4 Å². The molecule has 0 fully saturated rings. The summed E-state index contributed by atoms with van der Waals surface area (Å²) < 4.78 is 6.50. The fourth-order valence-corrected chi connectivity index (χ4v) is 61.7. The normalized spacial score (nSPS) is 14.2. The molecule has 0 amide bonds. The fraction of sp³-hybridized carbons (Fsp3) is 0.909. The Bertz CT molecular complexity index is 655. The molecule has 0 aromatic rings. The van der Waals surface area contributed by atoms with Crippen molar-refractivity contribution in [2.75, 3.05) is 11.8 Å². The van der Waals surface area contributed by atoms with E-state index in [1.165, 1.54) is 6.04 Å². The van der Waals surface area contributed by atoms with Gasteiger partial charge in [-0.25, -0.2) is 0 Å². The van der Waals surface area contributed by atoms with Gasteiger partial charge in [-0.1, -0.05) is 19.1 Å². The highest BCUT2D eigenvalue weighted by atomic mass is 35.5. The van der Waals surface area contributed by atoms with Gasteiger partial charge >= 0.3 is 0 Å². The maximum atomic E-state index is 10.6. The van der Waals surface area contributed by atoms with Crippen molar-refractivity contribution in [3.05, 3.63) is 12.3 Å². The predicted octanol–water partition coefficient (Wildman–Crippen LogP) is 6.12. The van der Waals surface area contributed by atoms with Crippen LogP contribution in [0.2, 0.25) is 104 Å². The van der Waals surface area contributed by atoms with Crippen molar-refractivity contribution < 1.29 is 28.1 Å². The van der Waals surface area contributed by atoms with Crippen LogP contribution in [0.15, 0.2) is 12.3 Å². The van der Waals surface area contributed by atoms with E-state index in [1.807, 2.05) is 32.7 Å². The standard InChI is InChI=1S/C10H29ClO3Si4.C7H15ClSi.C5H18O3Si3/c1-15(2,10-8-9-11)14-18(7,16(3,4)12)17(5,6)13;1-4-9(2,3)7-5-6-8;1-9(2,6)11(5,8)10(3,4)7/h12-13H,8-10H2,1-7H3;4H,1,5-7H2,2-3H3;6-8H,1-5H3. The van der Waals surface area contributed by atoms with Crippen molar-refractivity contribution in [2.45, 2.75) is 117 Å². The summed E-state index contributed by atoms with van der Waals surface area (Å²) in [6, 6.07) is 2.27. The second kappa shape index (κ2) is 16.6. The lowest BCUT2D eigenvalue weighted by Gasteiger charge is -2.47. The molecular weight excluding hydrogens is 656 g/mol. The van der Waals surface area contributed by atoms with Gasteiger partial charge in [0.2, 0.25) is 14.7 Å². The van der Waals surface area contributed by atoms with E-state index >= 15 is 0 Å². The highest BCUT2D eigenvalue weighted by Gasteiger charge is 2.60. The molecular formula is C22H62Cl2O6Si8. The molecule has 0 aliphatic carbocycles. The molecule has 6 nitrogen and oxygen atoms in total. The second-order valence-corrected chi connectivity index (χ2v) is 70.4. The van der Waals surface area contributed by atoms with Gasteiger partial charge in [0.25, 0.3) is 0 Å². The summed E-state index contributed by atoms with van der Waals surface area (Å²) in [5.74, 6) is 1.45. The van der Waals surface area contributed by atoms with Gasteiger partial charge in [0.1, 0.15) is 0 Å². The molecule has 38 heavy (non-hydrogen) atoms.